The third-order valence-corrected chi connectivity index (χ3v) is 11.5. The number of fused-ring (bicyclic) bond motifs is 5. The third kappa shape index (κ3) is 4.79. The third-order valence-electron chi connectivity index (χ3n) is 11.0. The number of aliphatic hydroxyl groups excluding tert-OH is 4. The molecule has 38 heavy (non-hydrogen) atoms. The van der Waals surface area contributed by atoms with Crippen LogP contribution in [0.3, 0.4) is 0 Å². The van der Waals surface area contributed by atoms with Gasteiger partial charge in [-0.15, -0.1) is 0 Å². The Kier molecular flexibility index (Phi) is 7.62. The Morgan fingerprint density at radius 3 is 2.45 bits per heavy atom. The first-order chi connectivity index (χ1) is 17.7. The van der Waals surface area contributed by atoms with Crippen molar-refractivity contribution in [2.75, 3.05) is 0 Å². The van der Waals surface area contributed by atoms with Gasteiger partial charge in [0.1, 0.15) is 18.3 Å². The summed E-state index contributed by atoms with van der Waals surface area (Å²) in [5.41, 5.74) is 0.999. The lowest BCUT2D eigenvalue weighted by molar-refractivity contribution is -0.305. The molecule has 218 valence electrons. The number of aliphatic hydroxyl groups is 4. The van der Waals surface area contributed by atoms with Gasteiger partial charge in [-0.25, -0.2) is 4.18 Å². The van der Waals surface area contributed by atoms with Crippen LogP contribution in [0.4, 0.5) is 0 Å². The molecule has 1 heterocycles. The molecule has 3 saturated carbocycles. The fourth-order valence-corrected chi connectivity index (χ4v) is 9.71. The molecule has 11 heteroatoms. The first-order valence-corrected chi connectivity index (χ1v) is 15.4. The van der Waals surface area contributed by atoms with Crippen LogP contribution >= 0.6 is 0 Å². The molecule has 5 aliphatic rings. The summed E-state index contributed by atoms with van der Waals surface area (Å²) in [6.07, 6.45) is 0.663. The van der Waals surface area contributed by atoms with Crippen molar-refractivity contribution in [3.63, 3.8) is 0 Å². The van der Waals surface area contributed by atoms with Crippen molar-refractivity contribution < 1.29 is 47.1 Å². The highest BCUT2D eigenvalue weighted by Crippen LogP contribution is 2.67. The van der Waals surface area contributed by atoms with Gasteiger partial charge in [-0.05, 0) is 87.4 Å². The lowest BCUT2D eigenvalue weighted by Gasteiger charge is -2.58. The second-order valence-corrected chi connectivity index (χ2v) is 14.1. The molecule has 0 aromatic heterocycles. The molecule has 14 atom stereocenters. The molecule has 10 nitrogen and oxygen atoms in total. The van der Waals surface area contributed by atoms with Gasteiger partial charge < -0.3 is 29.9 Å². The largest absolute Gasteiger partial charge is 0.397 e. The zero-order valence-corrected chi connectivity index (χ0v) is 23.5. The van der Waals surface area contributed by atoms with Gasteiger partial charge in [0, 0.05) is 5.92 Å². The van der Waals surface area contributed by atoms with Crippen molar-refractivity contribution in [2.24, 2.45) is 34.5 Å². The topological polar surface area (TPSA) is 163 Å². The van der Waals surface area contributed by atoms with Gasteiger partial charge in [0.05, 0.1) is 24.4 Å². The van der Waals surface area contributed by atoms with E-state index in [2.05, 4.69) is 19.9 Å². The van der Waals surface area contributed by atoms with E-state index in [-0.39, 0.29) is 28.8 Å². The van der Waals surface area contributed by atoms with Crippen LogP contribution < -0.4 is 0 Å². The number of rotatable bonds is 5. The number of allylic oxidation sites excluding steroid dienone is 1. The van der Waals surface area contributed by atoms with Gasteiger partial charge >= 0.3 is 10.4 Å². The average molecular weight is 561 g/mol. The van der Waals surface area contributed by atoms with Crippen molar-refractivity contribution in [3.8, 4) is 0 Å². The van der Waals surface area contributed by atoms with E-state index in [0.29, 0.717) is 24.7 Å². The SMILES string of the molecule is CC(O)C1C(OS(=O)(=O)O)CC2C3CC=C4CC(O[C@@H]5O[C@H](C)[C@@H](O)[C@H](O)[C@H]5O)CC[C@]4(C)C3CC[C@@]21C. The Labute approximate surface area is 225 Å². The Morgan fingerprint density at radius 1 is 1.08 bits per heavy atom. The molecule has 0 amide bonds. The van der Waals surface area contributed by atoms with Gasteiger partial charge in [0.2, 0.25) is 0 Å². The summed E-state index contributed by atoms with van der Waals surface area (Å²) in [7, 11) is -4.63. The van der Waals surface area contributed by atoms with Gasteiger partial charge in [0.25, 0.3) is 0 Å². The van der Waals surface area contributed by atoms with Crippen molar-refractivity contribution in [1.82, 2.24) is 0 Å². The van der Waals surface area contributed by atoms with Crippen molar-refractivity contribution in [1.29, 1.82) is 0 Å². The lowest BCUT2D eigenvalue weighted by atomic mass is 9.47. The van der Waals surface area contributed by atoms with Gasteiger partial charge in [-0.3, -0.25) is 4.55 Å². The monoisotopic (exact) mass is 560 g/mol. The molecule has 0 spiro atoms. The van der Waals surface area contributed by atoms with Crippen LogP contribution in [0.2, 0.25) is 0 Å². The van der Waals surface area contributed by atoms with Crippen LogP contribution in [-0.2, 0) is 24.1 Å². The second-order valence-electron chi connectivity index (χ2n) is 13.1. The molecule has 4 fully saturated rings. The standard InChI is InChI=1S/C27H44O10S/c1-13(28)21-20(37-38(32,33)34)12-19-17-6-5-15-11-16(36-25-24(31)23(30)22(29)14(2)35-25)7-9-26(15,3)18(17)8-10-27(19,21)4/h5,13-14,16-25,28-31H,6-12H2,1-4H3,(H,32,33,34)/t13?,14-,16?,17?,18?,19?,20?,21?,22-,23+,24-,25+,26+,27+/m1/s1. The molecule has 0 radical (unpaired) electrons. The maximum atomic E-state index is 11.6. The van der Waals surface area contributed by atoms with Gasteiger partial charge in [0.15, 0.2) is 6.29 Å². The summed E-state index contributed by atoms with van der Waals surface area (Å²) < 4.78 is 49.6. The van der Waals surface area contributed by atoms with E-state index in [4.69, 9.17) is 13.7 Å². The van der Waals surface area contributed by atoms with Crippen LogP contribution in [0.5, 0.6) is 0 Å². The van der Waals surface area contributed by atoms with Gasteiger partial charge in [-0.1, -0.05) is 25.5 Å². The molecule has 5 rings (SSSR count). The number of hydrogen-bond acceptors (Lipinski definition) is 9. The Hall–Kier alpha value is -0.630. The summed E-state index contributed by atoms with van der Waals surface area (Å²) in [6.45, 7) is 7.79. The molecule has 0 aromatic carbocycles. The van der Waals surface area contributed by atoms with Crippen molar-refractivity contribution in [2.45, 2.75) is 122 Å². The van der Waals surface area contributed by atoms with Crippen molar-refractivity contribution in [3.05, 3.63) is 11.6 Å². The number of ether oxygens (including phenoxy) is 2. The summed E-state index contributed by atoms with van der Waals surface area (Å²) in [4.78, 5) is 0. The normalized spacial score (nSPS) is 51.9. The van der Waals surface area contributed by atoms with E-state index in [1.165, 1.54) is 5.57 Å². The predicted octanol–water partition coefficient (Wildman–Crippen LogP) is 1.96. The second kappa shape index (κ2) is 10.0. The maximum Gasteiger partial charge on any atom is 0.397 e. The Bertz CT molecular complexity index is 1030. The quantitative estimate of drug-likeness (QED) is 0.248. The van der Waals surface area contributed by atoms with Crippen LogP contribution in [0.1, 0.15) is 72.6 Å². The summed E-state index contributed by atoms with van der Waals surface area (Å²) in [5.74, 6) is 0.499. The minimum absolute atomic E-state index is 0.0402. The van der Waals surface area contributed by atoms with Crippen LogP contribution in [0.15, 0.2) is 11.6 Å². The fraction of sp³-hybridized carbons (Fsp3) is 0.926. The summed E-state index contributed by atoms with van der Waals surface area (Å²) in [5, 5.41) is 41.2. The predicted molar refractivity (Wildman–Crippen MR) is 136 cm³/mol. The summed E-state index contributed by atoms with van der Waals surface area (Å²) >= 11 is 0. The first-order valence-electron chi connectivity index (χ1n) is 14.0. The van der Waals surface area contributed by atoms with Crippen LogP contribution in [-0.4, -0.2) is 82.4 Å². The van der Waals surface area contributed by atoms with Crippen molar-refractivity contribution >= 4 is 10.4 Å². The molecular weight excluding hydrogens is 516 g/mol. The molecule has 0 aromatic rings. The highest BCUT2D eigenvalue weighted by Gasteiger charge is 2.63. The summed E-state index contributed by atoms with van der Waals surface area (Å²) in [6, 6.07) is 0. The molecule has 5 N–H and O–H groups in total. The van der Waals surface area contributed by atoms with E-state index in [1.807, 2.05) is 0 Å². The zero-order chi connectivity index (χ0) is 27.8. The minimum atomic E-state index is -4.63. The van der Waals surface area contributed by atoms with E-state index < -0.39 is 53.3 Å². The average Bonchev–Trinajstić information content (AvgIpc) is 3.11. The lowest BCUT2D eigenvalue weighted by Crippen LogP contribution is -2.58. The van der Waals surface area contributed by atoms with E-state index in [9.17, 15) is 33.4 Å². The molecular formula is C27H44O10S. The highest BCUT2D eigenvalue weighted by atomic mass is 32.3. The van der Waals surface area contributed by atoms with Gasteiger partial charge in [-0.2, -0.15) is 8.42 Å². The molecule has 0 bridgehead atoms. The molecule has 1 aliphatic heterocycles. The van der Waals surface area contributed by atoms with E-state index >= 15 is 0 Å². The smallest absolute Gasteiger partial charge is 0.393 e. The minimum Gasteiger partial charge on any atom is -0.393 e. The highest BCUT2D eigenvalue weighted by molar-refractivity contribution is 7.80. The number of hydrogen-bond donors (Lipinski definition) is 5. The molecule has 1 saturated heterocycles. The maximum absolute atomic E-state index is 11.6. The Balaban J connectivity index is 1.33. The van der Waals surface area contributed by atoms with E-state index in [0.717, 1.165) is 32.1 Å². The first kappa shape index (κ1) is 28.9. The van der Waals surface area contributed by atoms with Crippen LogP contribution in [0, 0.1) is 34.5 Å². The van der Waals surface area contributed by atoms with Crippen LogP contribution in [0.25, 0.3) is 0 Å². The Morgan fingerprint density at radius 2 is 1.79 bits per heavy atom. The molecule has 7 unspecified atom stereocenters. The van der Waals surface area contributed by atoms with E-state index in [1.54, 1.807) is 13.8 Å². The zero-order valence-electron chi connectivity index (χ0n) is 22.6. The fourth-order valence-electron chi connectivity index (χ4n) is 9.20. The molecule has 4 aliphatic carbocycles.